The SMILES string of the molecule is O=C(Cn1c(O)c(C(Cc2ccc(Cl)cc2C(F)(F)F)=c2ccc3c(c2)C=NN=3)sc1=O)N1CCN[C@@H](CO)C1. The fourth-order valence-corrected chi connectivity index (χ4v) is 5.83. The average molecular weight is 594 g/mol. The maximum atomic E-state index is 13.9. The van der Waals surface area contributed by atoms with Gasteiger partial charge in [0.2, 0.25) is 11.8 Å². The van der Waals surface area contributed by atoms with Crippen molar-refractivity contribution in [2.45, 2.75) is 25.2 Å². The number of rotatable bonds is 6. The summed E-state index contributed by atoms with van der Waals surface area (Å²) in [6.45, 7) is 0.424. The highest BCUT2D eigenvalue weighted by Crippen LogP contribution is 2.37. The molecule has 0 saturated carbocycles. The van der Waals surface area contributed by atoms with E-state index in [9.17, 15) is 33.0 Å². The smallest absolute Gasteiger partial charge is 0.416 e. The molecule has 0 aliphatic carbocycles. The number of benzene rings is 2. The van der Waals surface area contributed by atoms with Crippen LogP contribution < -0.4 is 20.8 Å². The lowest BCUT2D eigenvalue weighted by Gasteiger charge is -2.32. The fourth-order valence-electron chi connectivity index (χ4n) is 4.70. The number of hydrogen-bond acceptors (Lipinski definition) is 8. The number of aliphatic hydroxyl groups is 1. The molecule has 1 saturated heterocycles. The van der Waals surface area contributed by atoms with E-state index in [0.717, 1.165) is 10.6 Å². The lowest BCUT2D eigenvalue weighted by atomic mass is 9.96. The molecule has 210 valence electrons. The number of halogens is 4. The van der Waals surface area contributed by atoms with Gasteiger partial charge in [0.05, 0.1) is 28.6 Å². The predicted molar refractivity (Wildman–Crippen MR) is 143 cm³/mol. The first-order valence-corrected chi connectivity index (χ1v) is 13.4. The maximum absolute atomic E-state index is 13.9. The van der Waals surface area contributed by atoms with Gasteiger partial charge >= 0.3 is 11.0 Å². The summed E-state index contributed by atoms with van der Waals surface area (Å²) in [7, 11) is 0. The van der Waals surface area contributed by atoms with Crippen LogP contribution in [0.1, 0.15) is 21.6 Å². The molecule has 2 aliphatic rings. The number of fused-ring (bicyclic) bond motifs is 1. The Hall–Kier alpha value is -3.52. The Morgan fingerprint density at radius 1 is 1.23 bits per heavy atom. The Balaban J connectivity index is 1.59. The van der Waals surface area contributed by atoms with Crippen molar-refractivity contribution >= 4 is 40.6 Å². The van der Waals surface area contributed by atoms with Crippen LogP contribution in [-0.4, -0.2) is 64.1 Å². The second-order valence-electron chi connectivity index (χ2n) is 9.35. The second-order valence-corrected chi connectivity index (χ2v) is 10.8. The Bertz CT molecular complexity index is 1680. The first kappa shape index (κ1) is 28.0. The van der Waals surface area contributed by atoms with Crippen molar-refractivity contribution in [3.05, 3.63) is 83.2 Å². The van der Waals surface area contributed by atoms with Crippen LogP contribution in [0.2, 0.25) is 5.02 Å². The number of thiazole rings is 1. The standard InChI is InChI=1S/C26H23ClF3N5O4S/c27-17-3-1-15(20(9-17)26(28,29)30)8-19(14-2-4-21-16(7-14)10-32-33-21)23-24(38)35(25(39)40-23)12-22(37)34-6-5-31-18(11-34)13-36/h1-4,7,9-10,18,31,36,38H,5-6,8,11-13H2/t18-/m1/s1. The van der Waals surface area contributed by atoms with Crippen molar-refractivity contribution in [2.24, 2.45) is 10.2 Å². The van der Waals surface area contributed by atoms with Gasteiger partial charge in [0.15, 0.2) is 0 Å². The molecule has 1 fully saturated rings. The van der Waals surface area contributed by atoms with Gasteiger partial charge in [0.25, 0.3) is 0 Å². The Labute approximate surface area is 234 Å². The number of piperazine rings is 1. The number of alkyl halides is 3. The number of nitrogens with one attached hydrogen (secondary N) is 1. The molecule has 5 rings (SSSR count). The topological polar surface area (TPSA) is 120 Å². The molecule has 40 heavy (non-hydrogen) atoms. The third-order valence-corrected chi connectivity index (χ3v) is 8.01. The lowest BCUT2D eigenvalue weighted by molar-refractivity contribution is -0.138. The zero-order chi connectivity index (χ0) is 28.6. The lowest BCUT2D eigenvalue weighted by Crippen LogP contribution is -2.54. The molecular formula is C26H23ClF3N5O4S. The molecule has 2 aromatic carbocycles. The zero-order valence-corrected chi connectivity index (χ0v) is 22.4. The summed E-state index contributed by atoms with van der Waals surface area (Å²) >= 11 is 6.51. The van der Waals surface area contributed by atoms with E-state index in [1.165, 1.54) is 23.2 Å². The number of amides is 1. The number of aliphatic hydroxyl groups excluding tert-OH is 1. The molecular weight excluding hydrogens is 571 g/mol. The van der Waals surface area contributed by atoms with Gasteiger partial charge in [-0.05, 0) is 40.6 Å². The summed E-state index contributed by atoms with van der Waals surface area (Å²) in [5.41, 5.74) is -0.164. The fraction of sp³-hybridized carbons (Fsp3) is 0.308. The quantitative estimate of drug-likeness (QED) is 0.400. The van der Waals surface area contributed by atoms with Gasteiger partial charge in [0.1, 0.15) is 6.54 Å². The molecule has 9 nitrogen and oxygen atoms in total. The van der Waals surface area contributed by atoms with Crippen LogP contribution in [0.3, 0.4) is 0 Å². The van der Waals surface area contributed by atoms with E-state index in [0.29, 0.717) is 40.6 Å². The average Bonchev–Trinajstić information content (AvgIpc) is 3.51. The number of aromatic hydroxyl groups is 1. The first-order chi connectivity index (χ1) is 19.0. The van der Waals surface area contributed by atoms with Crippen LogP contribution in [-0.2, 0) is 23.9 Å². The van der Waals surface area contributed by atoms with Crippen LogP contribution >= 0.6 is 22.9 Å². The summed E-state index contributed by atoms with van der Waals surface area (Å²) < 4.78 is 42.7. The number of nitrogens with zero attached hydrogens (tertiary/aromatic N) is 4. The highest BCUT2D eigenvalue weighted by Gasteiger charge is 2.34. The van der Waals surface area contributed by atoms with E-state index in [1.807, 2.05) is 0 Å². The van der Waals surface area contributed by atoms with Gasteiger partial charge < -0.3 is 20.4 Å². The Kier molecular flexibility index (Phi) is 7.82. The van der Waals surface area contributed by atoms with Crippen LogP contribution in [0.4, 0.5) is 13.2 Å². The number of carbonyl (C=O) groups is 1. The summed E-state index contributed by atoms with van der Waals surface area (Å²) in [6.07, 6.45) is -3.49. The molecule has 0 spiro atoms. The van der Waals surface area contributed by atoms with Crippen molar-refractivity contribution in [3.8, 4) is 5.88 Å². The summed E-state index contributed by atoms with van der Waals surface area (Å²) in [5.74, 6) is -0.954. The molecule has 2 aliphatic heterocycles. The minimum atomic E-state index is -4.70. The van der Waals surface area contributed by atoms with E-state index in [-0.39, 0.29) is 46.7 Å². The molecule has 0 radical (unpaired) electrons. The predicted octanol–water partition coefficient (Wildman–Crippen LogP) is 1.49. The van der Waals surface area contributed by atoms with Crippen LogP contribution in [0.5, 0.6) is 5.88 Å². The highest BCUT2D eigenvalue weighted by molar-refractivity contribution is 7.10. The first-order valence-electron chi connectivity index (χ1n) is 12.2. The molecule has 3 aromatic rings. The van der Waals surface area contributed by atoms with Crippen molar-refractivity contribution < 1.29 is 28.2 Å². The number of aromatic nitrogens is 1. The van der Waals surface area contributed by atoms with E-state index in [4.69, 9.17) is 11.6 Å². The van der Waals surface area contributed by atoms with Crippen LogP contribution in [0.15, 0.2) is 51.4 Å². The number of hydrogen-bond donors (Lipinski definition) is 3. The molecule has 1 aromatic heterocycles. The van der Waals surface area contributed by atoms with Gasteiger partial charge in [-0.2, -0.15) is 23.4 Å². The van der Waals surface area contributed by atoms with Gasteiger partial charge in [-0.1, -0.05) is 35.1 Å². The second kappa shape index (κ2) is 11.2. The third-order valence-electron chi connectivity index (χ3n) is 6.75. The van der Waals surface area contributed by atoms with Crippen molar-refractivity contribution in [1.82, 2.24) is 14.8 Å². The molecule has 3 N–H and O–H groups in total. The van der Waals surface area contributed by atoms with Gasteiger partial charge in [-0.15, -0.1) is 0 Å². The minimum Gasteiger partial charge on any atom is -0.493 e. The minimum absolute atomic E-state index is 0.0428. The molecule has 0 bridgehead atoms. The van der Waals surface area contributed by atoms with Gasteiger partial charge in [-0.3, -0.25) is 14.2 Å². The van der Waals surface area contributed by atoms with Crippen LogP contribution in [0.25, 0.3) is 5.57 Å². The summed E-state index contributed by atoms with van der Waals surface area (Å²) in [6, 6.07) is 8.08. The maximum Gasteiger partial charge on any atom is 0.416 e. The summed E-state index contributed by atoms with van der Waals surface area (Å²) in [5, 5.41) is 32.4. The molecule has 3 heterocycles. The normalized spacial score (nSPS) is 17.5. The number of carbonyl (C=O) groups excluding carboxylic acids is 1. The largest absolute Gasteiger partial charge is 0.493 e. The van der Waals surface area contributed by atoms with Crippen LogP contribution in [0, 0.1) is 0 Å². The van der Waals surface area contributed by atoms with E-state index >= 15 is 0 Å². The zero-order valence-electron chi connectivity index (χ0n) is 20.8. The van der Waals surface area contributed by atoms with Gasteiger partial charge in [0, 0.05) is 42.7 Å². The third kappa shape index (κ3) is 5.68. The Morgan fingerprint density at radius 3 is 2.77 bits per heavy atom. The van der Waals surface area contributed by atoms with E-state index < -0.39 is 34.9 Å². The monoisotopic (exact) mass is 593 g/mol. The molecule has 14 heteroatoms. The molecule has 1 amide bonds. The highest BCUT2D eigenvalue weighted by atomic mass is 35.5. The molecule has 1 atom stereocenters. The van der Waals surface area contributed by atoms with Gasteiger partial charge in [-0.25, -0.2) is 0 Å². The Morgan fingerprint density at radius 2 is 2.02 bits per heavy atom. The summed E-state index contributed by atoms with van der Waals surface area (Å²) in [4.78, 5) is 26.9. The van der Waals surface area contributed by atoms with Crippen molar-refractivity contribution in [1.29, 1.82) is 0 Å². The van der Waals surface area contributed by atoms with E-state index in [2.05, 4.69) is 15.5 Å². The molecule has 0 unspecified atom stereocenters. The van der Waals surface area contributed by atoms with Crippen molar-refractivity contribution in [3.63, 3.8) is 0 Å². The van der Waals surface area contributed by atoms with E-state index in [1.54, 1.807) is 18.2 Å². The van der Waals surface area contributed by atoms with Crippen molar-refractivity contribution in [2.75, 3.05) is 26.2 Å².